The fraction of sp³-hybridized carbons (Fsp3) is 0.100. The Hall–Kier alpha value is -2.96. The van der Waals surface area contributed by atoms with Crippen molar-refractivity contribution in [2.45, 2.75) is 0 Å². The third-order valence-corrected chi connectivity index (χ3v) is 4.58. The van der Waals surface area contributed by atoms with Crippen LogP contribution in [0.15, 0.2) is 54.6 Å². The van der Waals surface area contributed by atoms with Gasteiger partial charge in [-0.05, 0) is 30.4 Å². The molecule has 6 nitrogen and oxygen atoms in total. The van der Waals surface area contributed by atoms with Crippen molar-refractivity contribution >= 4 is 51.8 Å². The highest BCUT2D eigenvalue weighted by Gasteiger charge is 2.10. The zero-order valence-corrected chi connectivity index (χ0v) is 16.6. The number of ether oxygens (including phenoxy) is 2. The minimum absolute atomic E-state index is 0.140. The fourth-order valence-electron chi connectivity index (χ4n) is 2.51. The first-order valence-electron chi connectivity index (χ1n) is 8.20. The molecule has 0 fully saturated rings. The molecule has 1 amide bonds. The van der Waals surface area contributed by atoms with Crippen molar-refractivity contribution in [3.63, 3.8) is 0 Å². The van der Waals surface area contributed by atoms with Gasteiger partial charge in [-0.1, -0.05) is 29.3 Å². The summed E-state index contributed by atoms with van der Waals surface area (Å²) in [5.41, 5.74) is 2.20. The predicted molar refractivity (Wildman–Crippen MR) is 112 cm³/mol. The van der Waals surface area contributed by atoms with E-state index in [1.54, 1.807) is 42.6 Å². The highest BCUT2D eigenvalue weighted by Crippen LogP contribution is 2.28. The average Bonchev–Trinajstić information content (AvgIpc) is 3.07. The zero-order valence-electron chi connectivity index (χ0n) is 15.1. The summed E-state index contributed by atoms with van der Waals surface area (Å²) in [6, 6.07) is 7.15. The molecule has 0 spiro atoms. The molecule has 3 rings (SSSR count). The summed E-state index contributed by atoms with van der Waals surface area (Å²) in [4.78, 5) is 19.6. The van der Waals surface area contributed by atoms with Gasteiger partial charge in [0.1, 0.15) is 5.75 Å². The van der Waals surface area contributed by atoms with E-state index < -0.39 is 5.91 Å². The summed E-state index contributed by atoms with van der Waals surface area (Å²) >= 11 is 12.1. The summed E-state index contributed by atoms with van der Waals surface area (Å²) in [7, 11) is 2.95. The van der Waals surface area contributed by atoms with Crippen molar-refractivity contribution < 1.29 is 14.3 Å². The quantitative estimate of drug-likeness (QED) is 0.333. The summed E-state index contributed by atoms with van der Waals surface area (Å²) < 4.78 is 10.3. The second kappa shape index (κ2) is 8.82. The maximum absolute atomic E-state index is 12.4. The number of hydrogen-bond donors (Lipinski definition) is 2. The van der Waals surface area contributed by atoms with E-state index in [0.717, 1.165) is 16.6 Å². The number of nitrogens with one attached hydrogen (secondary N) is 2. The average molecular weight is 418 g/mol. The van der Waals surface area contributed by atoms with Gasteiger partial charge in [0.05, 0.1) is 42.3 Å². The summed E-state index contributed by atoms with van der Waals surface area (Å²) in [5, 5.41) is 4.62. The lowest BCUT2D eigenvalue weighted by Crippen LogP contribution is -2.15. The number of carbonyl (C=O) groups excluding carboxylic acids is 1. The van der Waals surface area contributed by atoms with E-state index in [-0.39, 0.29) is 5.76 Å². The number of hydrogen-bond acceptors (Lipinski definition) is 4. The molecule has 0 unspecified atom stereocenters. The number of allylic oxidation sites excluding steroid dienone is 2. The minimum Gasteiger partial charge on any atom is -0.495 e. The standard InChI is InChI=1S/C20H17Cl2N3O3/c1-27-15-8-14(10-23-11-15)25-20(26)19(28-2)5-3-4-13-6-12-7-16(21)17(22)9-18(12)24-13/h3-11,24H,1-2H3,(H,25,26)/b4-3+,19-5+. The summed E-state index contributed by atoms with van der Waals surface area (Å²) in [5.74, 6) is 0.276. The van der Waals surface area contributed by atoms with E-state index in [1.807, 2.05) is 6.07 Å². The fourth-order valence-corrected chi connectivity index (χ4v) is 2.84. The number of fused-ring (bicyclic) bond motifs is 1. The molecule has 2 N–H and O–H groups in total. The number of aromatic amines is 1. The molecule has 28 heavy (non-hydrogen) atoms. The number of anilines is 1. The molecular weight excluding hydrogens is 401 g/mol. The van der Waals surface area contributed by atoms with Gasteiger partial charge < -0.3 is 19.8 Å². The van der Waals surface area contributed by atoms with Crippen molar-refractivity contribution in [3.8, 4) is 5.75 Å². The van der Waals surface area contributed by atoms with E-state index in [9.17, 15) is 4.79 Å². The van der Waals surface area contributed by atoms with Gasteiger partial charge in [-0.3, -0.25) is 9.78 Å². The van der Waals surface area contributed by atoms with Crippen molar-refractivity contribution in [2.24, 2.45) is 0 Å². The van der Waals surface area contributed by atoms with Gasteiger partial charge in [-0.2, -0.15) is 0 Å². The topological polar surface area (TPSA) is 76.2 Å². The van der Waals surface area contributed by atoms with Gasteiger partial charge in [0.2, 0.25) is 0 Å². The van der Waals surface area contributed by atoms with Gasteiger partial charge in [-0.25, -0.2) is 0 Å². The number of pyridine rings is 1. The molecular formula is C20H17Cl2N3O3. The molecule has 0 bridgehead atoms. The largest absolute Gasteiger partial charge is 0.495 e. The van der Waals surface area contributed by atoms with Gasteiger partial charge in [0.15, 0.2) is 5.76 Å². The minimum atomic E-state index is -0.405. The molecule has 0 saturated heterocycles. The third-order valence-electron chi connectivity index (χ3n) is 3.86. The summed E-state index contributed by atoms with van der Waals surface area (Å²) in [6.07, 6.45) is 8.14. The first-order chi connectivity index (χ1) is 13.5. The number of aromatic nitrogens is 2. The number of halogens is 2. The maximum atomic E-state index is 12.4. The van der Waals surface area contributed by atoms with Crippen molar-refractivity contribution in [1.82, 2.24) is 9.97 Å². The molecule has 3 aromatic rings. The van der Waals surface area contributed by atoms with E-state index in [2.05, 4.69) is 15.3 Å². The van der Waals surface area contributed by atoms with Crippen molar-refractivity contribution in [1.29, 1.82) is 0 Å². The highest BCUT2D eigenvalue weighted by molar-refractivity contribution is 6.42. The molecule has 0 aliphatic heterocycles. The Bertz CT molecular complexity index is 1030. The molecule has 1 aromatic carbocycles. The second-order valence-corrected chi connectivity index (χ2v) is 6.55. The van der Waals surface area contributed by atoms with E-state index >= 15 is 0 Å². The van der Waals surface area contributed by atoms with Crippen LogP contribution in [-0.2, 0) is 9.53 Å². The number of carbonyl (C=O) groups is 1. The van der Waals surface area contributed by atoms with Gasteiger partial charge in [0, 0.05) is 22.7 Å². The van der Waals surface area contributed by atoms with Crippen LogP contribution in [0.25, 0.3) is 17.0 Å². The van der Waals surface area contributed by atoms with Crippen LogP contribution in [0.4, 0.5) is 5.69 Å². The number of nitrogens with zero attached hydrogens (tertiary/aromatic N) is 1. The highest BCUT2D eigenvalue weighted by atomic mass is 35.5. The molecule has 0 aliphatic rings. The van der Waals surface area contributed by atoms with Crippen LogP contribution in [0, 0.1) is 0 Å². The van der Waals surface area contributed by atoms with Crippen molar-refractivity contribution in [3.05, 3.63) is 70.3 Å². The molecule has 8 heteroatoms. The van der Waals surface area contributed by atoms with Gasteiger partial charge in [-0.15, -0.1) is 0 Å². The smallest absolute Gasteiger partial charge is 0.290 e. The Balaban J connectivity index is 1.74. The molecule has 0 aliphatic carbocycles. The van der Waals surface area contributed by atoms with Crippen LogP contribution >= 0.6 is 23.2 Å². The van der Waals surface area contributed by atoms with Gasteiger partial charge in [0.25, 0.3) is 5.91 Å². The SMILES string of the molecule is CO/C(=C/C=C/c1cc2cc(Cl)c(Cl)cc2[nH]1)C(=O)Nc1cncc(OC)c1. The molecule has 2 heterocycles. The van der Waals surface area contributed by atoms with E-state index in [1.165, 1.54) is 20.4 Å². The Morgan fingerprint density at radius 3 is 2.68 bits per heavy atom. The van der Waals surface area contributed by atoms with Gasteiger partial charge >= 0.3 is 0 Å². The molecule has 0 radical (unpaired) electrons. The monoisotopic (exact) mass is 417 g/mol. The number of benzene rings is 1. The first-order valence-corrected chi connectivity index (χ1v) is 8.96. The number of H-pyrrole nitrogens is 1. The maximum Gasteiger partial charge on any atom is 0.290 e. The molecule has 0 atom stereocenters. The Morgan fingerprint density at radius 1 is 1.14 bits per heavy atom. The number of rotatable bonds is 6. The Labute approximate surface area is 171 Å². The van der Waals surface area contributed by atoms with Crippen molar-refractivity contribution in [2.75, 3.05) is 19.5 Å². The van der Waals surface area contributed by atoms with E-state index in [4.69, 9.17) is 32.7 Å². The lowest BCUT2D eigenvalue weighted by atomic mass is 10.2. The molecule has 0 saturated carbocycles. The van der Waals surface area contributed by atoms with Crippen LogP contribution in [-0.4, -0.2) is 30.1 Å². The zero-order chi connectivity index (χ0) is 20.1. The Morgan fingerprint density at radius 2 is 1.93 bits per heavy atom. The van der Waals surface area contributed by atoms with Crippen LogP contribution < -0.4 is 10.1 Å². The third kappa shape index (κ3) is 4.65. The number of amides is 1. The normalized spacial score (nSPS) is 11.8. The first kappa shape index (κ1) is 19.8. The lowest BCUT2D eigenvalue weighted by Gasteiger charge is -2.08. The second-order valence-electron chi connectivity index (χ2n) is 5.74. The van der Waals surface area contributed by atoms with Crippen LogP contribution in [0.3, 0.4) is 0 Å². The molecule has 144 valence electrons. The molecule has 2 aromatic heterocycles. The Kier molecular flexibility index (Phi) is 6.23. The summed E-state index contributed by atoms with van der Waals surface area (Å²) in [6.45, 7) is 0. The number of methoxy groups -OCH3 is 2. The van der Waals surface area contributed by atoms with Crippen LogP contribution in [0.5, 0.6) is 5.75 Å². The van der Waals surface area contributed by atoms with Crippen LogP contribution in [0.2, 0.25) is 10.0 Å². The lowest BCUT2D eigenvalue weighted by molar-refractivity contribution is -0.115. The van der Waals surface area contributed by atoms with Crippen LogP contribution in [0.1, 0.15) is 5.69 Å². The predicted octanol–water partition coefficient (Wildman–Crippen LogP) is 5.06. The van der Waals surface area contributed by atoms with E-state index in [0.29, 0.717) is 21.5 Å².